The number of ether oxygens (including phenoxy) is 2. The highest BCUT2D eigenvalue weighted by atomic mass is 16.5. The van der Waals surface area contributed by atoms with Crippen LogP contribution in [0.4, 0.5) is 0 Å². The lowest BCUT2D eigenvalue weighted by Crippen LogP contribution is -1.92. The molecular weight excluding hydrogens is 220 g/mol. The first kappa shape index (κ1) is 11.5. The second-order valence-corrected chi connectivity index (χ2v) is 3.47. The summed E-state index contributed by atoms with van der Waals surface area (Å²) in [5.74, 6) is 1.36. The monoisotopic (exact) mass is 234 g/mol. The maximum Gasteiger partial charge on any atom is 0.132 e. The van der Waals surface area contributed by atoms with E-state index in [4.69, 9.17) is 14.6 Å². The van der Waals surface area contributed by atoms with Crippen molar-refractivity contribution in [2.75, 3.05) is 14.2 Å². The first-order valence-electron chi connectivity index (χ1n) is 5.16. The molecule has 17 heavy (non-hydrogen) atoms. The van der Waals surface area contributed by atoms with Crippen LogP contribution in [0, 0.1) is 0 Å². The summed E-state index contributed by atoms with van der Waals surface area (Å²) in [6.07, 6.45) is 0. The number of methoxy groups -OCH3 is 2. The van der Waals surface area contributed by atoms with Crippen LogP contribution in [0.5, 0.6) is 11.5 Å². The van der Waals surface area contributed by atoms with Gasteiger partial charge < -0.3 is 14.6 Å². The van der Waals surface area contributed by atoms with Crippen LogP contribution >= 0.6 is 0 Å². The average molecular weight is 234 g/mol. The second-order valence-electron chi connectivity index (χ2n) is 3.47. The molecule has 2 rings (SSSR count). The van der Waals surface area contributed by atoms with Gasteiger partial charge in [0, 0.05) is 0 Å². The van der Waals surface area contributed by atoms with Gasteiger partial charge in [-0.25, -0.2) is 0 Å². The SMILES string of the molecule is COc1cccc(OC)c1-c1cc(CO)[nH]n1. The molecule has 0 aliphatic carbocycles. The van der Waals surface area contributed by atoms with Gasteiger partial charge in [-0.2, -0.15) is 5.10 Å². The lowest BCUT2D eigenvalue weighted by molar-refractivity contribution is 0.276. The zero-order valence-corrected chi connectivity index (χ0v) is 9.73. The summed E-state index contributed by atoms with van der Waals surface area (Å²) in [5.41, 5.74) is 2.10. The Morgan fingerprint density at radius 3 is 2.35 bits per heavy atom. The molecule has 1 aromatic carbocycles. The number of nitrogens with zero attached hydrogens (tertiary/aromatic N) is 1. The number of nitrogens with one attached hydrogen (secondary N) is 1. The fourth-order valence-electron chi connectivity index (χ4n) is 1.67. The fourth-order valence-corrected chi connectivity index (χ4v) is 1.67. The molecular formula is C12H14N2O3. The minimum atomic E-state index is -0.0789. The number of hydrogen-bond donors (Lipinski definition) is 2. The van der Waals surface area contributed by atoms with Crippen molar-refractivity contribution in [3.8, 4) is 22.8 Å². The van der Waals surface area contributed by atoms with Crippen LogP contribution in [0.15, 0.2) is 24.3 Å². The summed E-state index contributed by atoms with van der Waals surface area (Å²) >= 11 is 0. The molecule has 5 nitrogen and oxygen atoms in total. The third kappa shape index (κ3) is 2.09. The minimum Gasteiger partial charge on any atom is -0.496 e. The largest absolute Gasteiger partial charge is 0.496 e. The molecule has 2 N–H and O–H groups in total. The van der Waals surface area contributed by atoms with Gasteiger partial charge in [0.25, 0.3) is 0 Å². The molecule has 1 heterocycles. The first-order chi connectivity index (χ1) is 8.30. The van der Waals surface area contributed by atoms with Gasteiger partial charge in [0.2, 0.25) is 0 Å². The summed E-state index contributed by atoms with van der Waals surface area (Å²) in [5, 5.41) is 15.9. The van der Waals surface area contributed by atoms with E-state index >= 15 is 0 Å². The molecule has 0 unspecified atom stereocenters. The number of aliphatic hydroxyl groups is 1. The van der Waals surface area contributed by atoms with Crippen molar-refractivity contribution in [1.82, 2.24) is 10.2 Å². The van der Waals surface area contributed by atoms with E-state index in [0.717, 1.165) is 5.56 Å². The predicted octanol–water partition coefficient (Wildman–Crippen LogP) is 1.59. The number of benzene rings is 1. The van der Waals surface area contributed by atoms with E-state index in [1.165, 1.54) is 0 Å². The molecule has 2 aromatic rings. The third-order valence-electron chi connectivity index (χ3n) is 2.49. The summed E-state index contributed by atoms with van der Waals surface area (Å²) in [6, 6.07) is 7.29. The topological polar surface area (TPSA) is 67.4 Å². The van der Waals surface area contributed by atoms with Gasteiger partial charge in [0.1, 0.15) is 11.5 Å². The van der Waals surface area contributed by atoms with Crippen LogP contribution in [0.25, 0.3) is 11.3 Å². The van der Waals surface area contributed by atoms with Crippen LogP contribution in [0.1, 0.15) is 5.69 Å². The smallest absolute Gasteiger partial charge is 0.132 e. The van der Waals surface area contributed by atoms with Gasteiger partial charge in [-0.1, -0.05) is 6.07 Å². The van der Waals surface area contributed by atoms with E-state index < -0.39 is 0 Å². The van der Waals surface area contributed by atoms with Crippen LogP contribution in [-0.4, -0.2) is 29.5 Å². The van der Waals surface area contributed by atoms with Crippen molar-refractivity contribution in [3.63, 3.8) is 0 Å². The van der Waals surface area contributed by atoms with Gasteiger partial charge in [-0.15, -0.1) is 0 Å². The van der Waals surface area contributed by atoms with Crippen molar-refractivity contribution >= 4 is 0 Å². The highest BCUT2D eigenvalue weighted by molar-refractivity contribution is 5.74. The van der Waals surface area contributed by atoms with E-state index in [9.17, 15) is 0 Å². The quantitative estimate of drug-likeness (QED) is 0.843. The summed E-state index contributed by atoms with van der Waals surface area (Å²) < 4.78 is 10.6. The molecule has 0 aliphatic rings. The van der Waals surface area contributed by atoms with Crippen molar-refractivity contribution in [1.29, 1.82) is 0 Å². The van der Waals surface area contributed by atoms with Crippen molar-refractivity contribution in [2.45, 2.75) is 6.61 Å². The van der Waals surface area contributed by atoms with E-state index in [0.29, 0.717) is 22.9 Å². The Morgan fingerprint density at radius 2 is 1.88 bits per heavy atom. The maximum atomic E-state index is 9.02. The second kappa shape index (κ2) is 4.88. The van der Waals surface area contributed by atoms with Crippen molar-refractivity contribution in [2.24, 2.45) is 0 Å². The molecule has 90 valence electrons. The summed E-state index contributed by atoms with van der Waals surface area (Å²) in [6.45, 7) is -0.0789. The Hall–Kier alpha value is -2.01. The predicted molar refractivity (Wildman–Crippen MR) is 63.1 cm³/mol. The maximum absolute atomic E-state index is 9.02. The van der Waals surface area contributed by atoms with Gasteiger partial charge in [0.15, 0.2) is 0 Å². The molecule has 5 heteroatoms. The molecule has 1 aromatic heterocycles. The summed E-state index contributed by atoms with van der Waals surface area (Å²) in [7, 11) is 3.19. The average Bonchev–Trinajstić information content (AvgIpc) is 2.86. The number of H-pyrrole nitrogens is 1. The normalized spacial score (nSPS) is 10.3. The van der Waals surface area contributed by atoms with Crippen LogP contribution in [0.2, 0.25) is 0 Å². The molecule has 0 atom stereocenters. The van der Waals surface area contributed by atoms with E-state index in [1.807, 2.05) is 18.2 Å². The number of aromatic nitrogens is 2. The van der Waals surface area contributed by atoms with Gasteiger partial charge in [0.05, 0.1) is 37.8 Å². The zero-order chi connectivity index (χ0) is 12.3. The lowest BCUT2D eigenvalue weighted by Gasteiger charge is -2.10. The Kier molecular flexibility index (Phi) is 3.30. The highest BCUT2D eigenvalue weighted by Gasteiger charge is 2.14. The van der Waals surface area contributed by atoms with Crippen LogP contribution in [-0.2, 0) is 6.61 Å². The molecule has 0 bridgehead atoms. The number of aromatic amines is 1. The Morgan fingerprint density at radius 1 is 1.24 bits per heavy atom. The highest BCUT2D eigenvalue weighted by Crippen LogP contribution is 2.37. The zero-order valence-electron chi connectivity index (χ0n) is 9.73. The third-order valence-corrected chi connectivity index (χ3v) is 2.49. The van der Waals surface area contributed by atoms with Gasteiger partial charge in [-0.05, 0) is 18.2 Å². The molecule has 0 fully saturated rings. The molecule has 0 spiro atoms. The van der Waals surface area contributed by atoms with E-state index in [-0.39, 0.29) is 6.61 Å². The number of hydrogen-bond acceptors (Lipinski definition) is 4. The molecule has 0 saturated carbocycles. The van der Waals surface area contributed by atoms with Crippen LogP contribution < -0.4 is 9.47 Å². The molecule has 0 radical (unpaired) electrons. The summed E-state index contributed by atoms with van der Waals surface area (Å²) in [4.78, 5) is 0. The van der Waals surface area contributed by atoms with E-state index in [1.54, 1.807) is 20.3 Å². The number of aliphatic hydroxyl groups excluding tert-OH is 1. The minimum absolute atomic E-state index is 0.0789. The van der Waals surface area contributed by atoms with E-state index in [2.05, 4.69) is 10.2 Å². The van der Waals surface area contributed by atoms with Crippen molar-refractivity contribution in [3.05, 3.63) is 30.0 Å². The van der Waals surface area contributed by atoms with Crippen LogP contribution in [0.3, 0.4) is 0 Å². The Labute approximate surface area is 99.0 Å². The van der Waals surface area contributed by atoms with Crippen molar-refractivity contribution < 1.29 is 14.6 Å². The first-order valence-corrected chi connectivity index (χ1v) is 5.16. The fraction of sp³-hybridized carbons (Fsp3) is 0.250. The Balaban J connectivity index is 2.55. The molecule has 0 amide bonds. The Bertz CT molecular complexity index is 486. The standard InChI is InChI=1S/C12H14N2O3/c1-16-10-4-3-5-11(17-2)12(10)9-6-8(7-15)13-14-9/h3-6,15H,7H2,1-2H3,(H,13,14). The molecule has 0 saturated heterocycles. The van der Waals surface area contributed by atoms with Gasteiger partial charge in [-0.3, -0.25) is 5.10 Å². The molecule has 0 aliphatic heterocycles. The lowest BCUT2D eigenvalue weighted by atomic mass is 10.1. The van der Waals surface area contributed by atoms with Gasteiger partial charge >= 0.3 is 0 Å². The number of rotatable bonds is 4.